The van der Waals surface area contributed by atoms with Crippen molar-refractivity contribution in [3.8, 4) is 11.3 Å². The standard InChI is InChI=1S/C12H11F3N6S/c13-12(14,15)9-20-8(5-22-9)6-2-1-3-7(4-6)19-11(18)21-10(16)17/h1-5H,(H6,16,17,18,19,21). The minimum Gasteiger partial charge on any atom is -0.370 e. The molecule has 0 bridgehead atoms. The molecule has 1 aromatic heterocycles. The molecule has 6 N–H and O–H groups in total. The summed E-state index contributed by atoms with van der Waals surface area (Å²) < 4.78 is 37.7. The molecular formula is C12H11F3N6S. The summed E-state index contributed by atoms with van der Waals surface area (Å²) >= 11 is 0.528. The molecule has 0 aliphatic rings. The number of aromatic nitrogens is 1. The quantitative estimate of drug-likeness (QED) is 0.578. The number of hydrogen-bond donors (Lipinski definition) is 3. The van der Waals surface area contributed by atoms with Gasteiger partial charge in [-0.2, -0.15) is 18.2 Å². The van der Waals surface area contributed by atoms with Crippen LogP contribution >= 0.6 is 11.3 Å². The highest BCUT2D eigenvalue weighted by Crippen LogP contribution is 2.34. The summed E-state index contributed by atoms with van der Waals surface area (Å²) in [6, 6.07) is 6.37. The fourth-order valence-corrected chi connectivity index (χ4v) is 2.26. The van der Waals surface area contributed by atoms with Gasteiger partial charge in [-0.05, 0) is 12.1 Å². The van der Waals surface area contributed by atoms with Gasteiger partial charge in [-0.3, -0.25) is 0 Å². The summed E-state index contributed by atoms with van der Waals surface area (Å²) in [5, 5.41) is 0.418. The molecule has 0 saturated carbocycles. The van der Waals surface area contributed by atoms with Gasteiger partial charge in [0.25, 0.3) is 0 Å². The largest absolute Gasteiger partial charge is 0.443 e. The normalized spacial score (nSPS) is 12.2. The van der Waals surface area contributed by atoms with Gasteiger partial charge in [-0.15, -0.1) is 11.3 Å². The third-order valence-electron chi connectivity index (χ3n) is 2.38. The van der Waals surface area contributed by atoms with E-state index in [9.17, 15) is 13.2 Å². The Morgan fingerprint density at radius 3 is 2.50 bits per heavy atom. The van der Waals surface area contributed by atoms with E-state index < -0.39 is 11.2 Å². The Morgan fingerprint density at radius 1 is 1.18 bits per heavy atom. The van der Waals surface area contributed by atoms with Crippen LogP contribution in [0, 0.1) is 0 Å². The Balaban J connectivity index is 2.33. The molecule has 0 aliphatic heterocycles. The second kappa shape index (κ2) is 6.02. The average Bonchev–Trinajstić information content (AvgIpc) is 2.87. The van der Waals surface area contributed by atoms with Crippen molar-refractivity contribution in [2.45, 2.75) is 6.18 Å². The van der Waals surface area contributed by atoms with E-state index in [2.05, 4.69) is 15.0 Å². The molecule has 1 aromatic carbocycles. The molecule has 0 atom stereocenters. The number of thiazole rings is 1. The van der Waals surface area contributed by atoms with E-state index in [4.69, 9.17) is 17.2 Å². The van der Waals surface area contributed by atoms with E-state index in [0.717, 1.165) is 0 Å². The number of aliphatic imine (C=N–C) groups is 2. The van der Waals surface area contributed by atoms with Gasteiger partial charge >= 0.3 is 6.18 Å². The Morgan fingerprint density at radius 2 is 1.91 bits per heavy atom. The van der Waals surface area contributed by atoms with Crippen molar-refractivity contribution >= 4 is 28.9 Å². The summed E-state index contributed by atoms with van der Waals surface area (Å²) in [5.74, 6) is -0.405. The first-order chi connectivity index (χ1) is 10.3. The smallest absolute Gasteiger partial charge is 0.370 e. The molecule has 1 heterocycles. The predicted molar refractivity (Wildman–Crippen MR) is 79.6 cm³/mol. The van der Waals surface area contributed by atoms with Crippen LogP contribution in [0.25, 0.3) is 11.3 Å². The van der Waals surface area contributed by atoms with E-state index in [0.29, 0.717) is 22.6 Å². The van der Waals surface area contributed by atoms with Gasteiger partial charge in [0.2, 0.25) is 5.96 Å². The molecule has 2 rings (SSSR count). The highest BCUT2D eigenvalue weighted by Gasteiger charge is 2.34. The summed E-state index contributed by atoms with van der Waals surface area (Å²) in [6.45, 7) is 0. The Bertz CT molecular complexity index is 730. The maximum absolute atomic E-state index is 12.6. The lowest BCUT2D eigenvalue weighted by molar-refractivity contribution is -0.137. The first kappa shape index (κ1) is 15.8. The van der Waals surface area contributed by atoms with Gasteiger partial charge < -0.3 is 17.2 Å². The van der Waals surface area contributed by atoms with Crippen LogP contribution in [-0.4, -0.2) is 16.9 Å². The number of nitrogens with two attached hydrogens (primary N) is 3. The first-order valence-corrected chi connectivity index (χ1v) is 6.70. The van der Waals surface area contributed by atoms with Gasteiger partial charge in [0.15, 0.2) is 11.0 Å². The van der Waals surface area contributed by atoms with Gasteiger partial charge in [-0.1, -0.05) is 12.1 Å². The summed E-state index contributed by atoms with van der Waals surface area (Å²) in [6.07, 6.45) is -4.46. The van der Waals surface area contributed by atoms with Gasteiger partial charge in [0, 0.05) is 10.9 Å². The zero-order valence-electron chi connectivity index (χ0n) is 11.0. The fraction of sp³-hybridized carbons (Fsp3) is 0.0833. The van der Waals surface area contributed by atoms with E-state index >= 15 is 0 Å². The number of rotatable bonds is 2. The third-order valence-corrected chi connectivity index (χ3v) is 3.26. The van der Waals surface area contributed by atoms with E-state index in [1.54, 1.807) is 18.2 Å². The van der Waals surface area contributed by atoms with Crippen LogP contribution in [0.15, 0.2) is 39.6 Å². The van der Waals surface area contributed by atoms with Crippen LogP contribution in [0.5, 0.6) is 0 Å². The SMILES string of the molecule is NC(N)=NC(N)=Nc1cccc(-c2csc(C(F)(F)F)n2)c1. The lowest BCUT2D eigenvalue weighted by Gasteiger charge is -2.01. The molecule has 0 unspecified atom stereocenters. The van der Waals surface area contributed by atoms with Crippen LogP contribution in [0.2, 0.25) is 0 Å². The highest BCUT2D eigenvalue weighted by atomic mass is 32.1. The second-order valence-electron chi connectivity index (χ2n) is 4.09. The number of hydrogen-bond acceptors (Lipinski definition) is 3. The monoisotopic (exact) mass is 328 g/mol. The molecule has 0 spiro atoms. The number of nitrogens with zero attached hydrogens (tertiary/aromatic N) is 3. The van der Waals surface area contributed by atoms with Crippen LogP contribution in [0.4, 0.5) is 18.9 Å². The van der Waals surface area contributed by atoms with E-state index in [1.165, 1.54) is 11.4 Å². The molecule has 22 heavy (non-hydrogen) atoms. The van der Waals surface area contributed by atoms with Crippen LogP contribution in [0.3, 0.4) is 0 Å². The molecule has 2 aromatic rings. The molecule has 6 nitrogen and oxygen atoms in total. The van der Waals surface area contributed by atoms with E-state index in [1.807, 2.05) is 0 Å². The Kier molecular flexibility index (Phi) is 4.31. The summed E-state index contributed by atoms with van der Waals surface area (Å²) in [4.78, 5) is 11.1. The van der Waals surface area contributed by atoms with Crippen molar-refractivity contribution in [3.05, 3.63) is 34.7 Å². The fourth-order valence-electron chi connectivity index (χ4n) is 1.56. The maximum atomic E-state index is 12.6. The molecule has 0 amide bonds. The Labute approximate surface area is 127 Å². The summed E-state index contributed by atoms with van der Waals surface area (Å²) in [5.41, 5.74) is 16.9. The predicted octanol–water partition coefficient (Wildman–Crippen LogP) is 2.05. The topological polar surface area (TPSA) is 116 Å². The van der Waals surface area contributed by atoms with Crippen molar-refractivity contribution in [2.75, 3.05) is 0 Å². The maximum Gasteiger partial charge on any atom is 0.443 e. The second-order valence-corrected chi connectivity index (χ2v) is 4.95. The molecular weight excluding hydrogens is 317 g/mol. The number of benzene rings is 1. The number of guanidine groups is 2. The molecule has 0 fully saturated rings. The van der Waals surface area contributed by atoms with Gasteiger partial charge in [-0.25, -0.2) is 9.98 Å². The van der Waals surface area contributed by atoms with Crippen molar-refractivity contribution in [2.24, 2.45) is 27.2 Å². The molecule has 0 radical (unpaired) electrons. The van der Waals surface area contributed by atoms with Crippen molar-refractivity contribution in [1.82, 2.24) is 4.98 Å². The zero-order valence-corrected chi connectivity index (χ0v) is 11.8. The molecule has 116 valence electrons. The van der Waals surface area contributed by atoms with Crippen LogP contribution < -0.4 is 17.2 Å². The highest BCUT2D eigenvalue weighted by molar-refractivity contribution is 7.10. The van der Waals surface area contributed by atoms with Crippen molar-refractivity contribution in [3.63, 3.8) is 0 Å². The molecule has 10 heteroatoms. The number of alkyl halides is 3. The minimum atomic E-state index is -4.46. The van der Waals surface area contributed by atoms with Gasteiger partial charge in [0.1, 0.15) is 0 Å². The lowest BCUT2D eigenvalue weighted by atomic mass is 10.1. The van der Waals surface area contributed by atoms with Crippen molar-refractivity contribution < 1.29 is 13.2 Å². The molecule has 0 aliphatic carbocycles. The van der Waals surface area contributed by atoms with Crippen LogP contribution in [0.1, 0.15) is 5.01 Å². The van der Waals surface area contributed by atoms with Crippen LogP contribution in [-0.2, 0) is 6.18 Å². The first-order valence-electron chi connectivity index (χ1n) is 5.82. The Hall–Kier alpha value is -2.62. The van der Waals surface area contributed by atoms with E-state index in [-0.39, 0.29) is 17.6 Å². The molecule has 0 saturated heterocycles. The average molecular weight is 328 g/mol. The van der Waals surface area contributed by atoms with Crippen molar-refractivity contribution in [1.29, 1.82) is 0 Å². The van der Waals surface area contributed by atoms with Gasteiger partial charge in [0.05, 0.1) is 11.4 Å². The number of halogens is 3. The third kappa shape index (κ3) is 3.95. The minimum absolute atomic E-state index is 0.161. The summed E-state index contributed by atoms with van der Waals surface area (Å²) in [7, 11) is 0. The lowest BCUT2D eigenvalue weighted by Crippen LogP contribution is -2.26. The zero-order chi connectivity index (χ0) is 16.3.